The van der Waals surface area contributed by atoms with Gasteiger partial charge in [0.05, 0.1) is 12.1 Å². The van der Waals surface area contributed by atoms with Gasteiger partial charge in [0.2, 0.25) is 0 Å². The third kappa shape index (κ3) is 1.69. The average Bonchev–Trinajstić information content (AvgIpc) is 2.57. The Morgan fingerprint density at radius 1 is 1.24 bits per heavy atom. The zero-order valence-corrected chi connectivity index (χ0v) is 9.97. The molecule has 2 fully saturated rings. The van der Waals surface area contributed by atoms with Gasteiger partial charge in [0, 0.05) is 26.7 Å². The molecule has 17 heavy (non-hydrogen) atoms. The van der Waals surface area contributed by atoms with Crippen LogP contribution in [0.3, 0.4) is 0 Å². The minimum atomic E-state index is 0.158. The van der Waals surface area contributed by atoms with Gasteiger partial charge in [-0.05, 0) is 5.56 Å². The van der Waals surface area contributed by atoms with Crippen LogP contribution >= 0.6 is 0 Å². The van der Waals surface area contributed by atoms with Crippen molar-refractivity contribution in [1.29, 1.82) is 0 Å². The van der Waals surface area contributed by atoms with Gasteiger partial charge in [-0.2, -0.15) is 0 Å². The second kappa shape index (κ2) is 4.04. The summed E-state index contributed by atoms with van der Waals surface area (Å²) < 4.78 is 0. The SMILES string of the molecule is CN1C(=O)N(C2CNC2)CC1c1ccccc1. The summed E-state index contributed by atoms with van der Waals surface area (Å²) in [5, 5.41) is 3.22. The predicted molar refractivity (Wildman–Crippen MR) is 65.7 cm³/mol. The summed E-state index contributed by atoms with van der Waals surface area (Å²) in [6, 6.07) is 11.0. The fourth-order valence-corrected chi connectivity index (χ4v) is 2.53. The third-order valence-electron chi connectivity index (χ3n) is 3.77. The number of rotatable bonds is 2. The Morgan fingerprint density at radius 3 is 2.53 bits per heavy atom. The smallest absolute Gasteiger partial charge is 0.319 e. The standard InChI is InChI=1S/C13H17N3O/c1-15-12(10-5-3-2-4-6-10)9-16(13(15)17)11-7-14-8-11/h2-6,11-12,14H,7-9H2,1H3. The number of likely N-dealkylation sites (N-methyl/N-ethyl adjacent to an activating group) is 1. The summed E-state index contributed by atoms with van der Waals surface area (Å²) in [4.78, 5) is 16.0. The summed E-state index contributed by atoms with van der Waals surface area (Å²) in [5.74, 6) is 0. The van der Waals surface area contributed by atoms with Crippen LogP contribution in [0.15, 0.2) is 30.3 Å². The molecule has 0 bridgehead atoms. The van der Waals surface area contributed by atoms with Gasteiger partial charge in [-0.15, -0.1) is 0 Å². The second-order valence-electron chi connectivity index (χ2n) is 4.78. The van der Waals surface area contributed by atoms with Gasteiger partial charge in [-0.1, -0.05) is 30.3 Å². The van der Waals surface area contributed by atoms with Crippen LogP contribution in [0.2, 0.25) is 0 Å². The molecule has 1 N–H and O–H groups in total. The van der Waals surface area contributed by atoms with E-state index in [4.69, 9.17) is 0 Å². The minimum Gasteiger partial charge on any atom is -0.319 e. The molecule has 2 amide bonds. The fraction of sp³-hybridized carbons (Fsp3) is 0.462. The van der Waals surface area contributed by atoms with E-state index in [1.54, 1.807) is 0 Å². The van der Waals surface area contributed by atoms with Crippen LogP contribution in [0.4, 0.5) is 4.79 Å². The van der Waals surface area contributed by atoms with E-state index in [-0.39, 0.29) is 12.1 Å². The Balaban J connectivity index is 1.81. The van der Waals surface area contributed by atoms with Crippen molar-refractivity contribution in [1.82, 2.24) is 15.1 Å². The maximum absolute atomic E-state index is 12.1. The number of urea groups is 1. The van der Waals surface area contributed by atoms with E-state index in [0.29, 0.717) is 6.04 Å². The highest BCUT2D eigenvalue weighted by Gasteiger charge is 2.40. The van der Waals surface area contributed by atoms with Crippen molar-refractivity contribution in [2.45, 2.75) is 12.1 Å². The van der Waals surface area contributed by atoms with Gasteiger partial charge in [-0.25, -0.2) is 4.79 Å². The molecule has 3 rings (SSSR count). The lowest BCUT2D eigenvalue weighted by molar-refractivity contribution is 0.162. The number of hydrogen-bond donors (Lipinski definition) is 1. The number of nitrogens with one attached hydrogen (secondary N) is 1. The molecule has 2 heterocycles. The first kappa shape index (κ1) is 10.6. The van der Waals surface area contributed by atoms with E-state index in [2.05, 4.69) is 17.4 Å². The zero-order valence-electron chi connectivity index (χ0n) is 9.97. The number of nitrogens with zero attached hydrogens (tertiary/aromatic N) is 2. The maximum atomic E-state index is 12.1. The monoisotopic (exact) mass is 231 g/mol. The lowest BCUT2D eigenvalue weighted by atomic mass is 10.1. The van der Waals surface area contributed by atoms with Gasteiger partial charge in [0.1, 0.15) is 0 Å². The van der Waals surface area contributed by atoms with Crippen molar-refractivity contribution in [3.63, 3.8) is 0 Å². The summed E-state index contributed by atoms with van der Waals surface area (Å²) in [6.07, 6.45) is 0. The quantitative estimate of drug-likeness (QED) is 0.826. The van der Waals surface area contributed by atoms with Crippen molar-refractivity contribution in [3.05, 3.63) is 35.9 Å². The lowest BCUT2D eigenvalue weighted by Gasteiger charge is -2.34. The van der Waals surface area contributed by atoms with Crippen molar-refractivity contribution in [2.24, 2.45) is 0 Å². The first-order valence-corrected chi connectivity index (χ1v) is 6.06. The maximum Gasteiger partial charge on any atom is 0.320 e. The zero-order chi connectivity index (χ0) is 11.8. The van der Waals surface area contributed by atoms with Crippen LogP contribution in [0.25, 0.3) is 0 Å². The molecule has 4 heteroatoms. The Bertz CT molecular complexity index is 416. The molecular weight excluding hydrogens is 214 g/mol. The molecule has 2 aliphatic heterocycles. The number of amides is 2. The first-order valence-electron chi connectivity index (χ1n) is 6.06. The van der Waals surface area contributed by atoms with E-state index < -0.39 is 0 Å². The molecule has 1 unspecified atom stereocenters. The van der Waals surface area contributed by atoms with Crippen LogP contribution in [0.1, 0.15) is 11.6 Å². The highest BCUT2D eigenvalue weighted by molar-refractivity contribution is 5.77. The highest BCUT2D eigenvalue weighted by atomic mass is 16.2. The molecule has 0 spiro atoms. The van der Waals surface area contributed by atoms with Gasteiger partial charge < -0.3 is 15.1 Å². The van der Waals surface area contributed by atoms with Crippen LogP contribution < -0.4 is 5.32 Å². The number of hydrogen-bond acceptors (Lipinski definition) is 2. The van der Waals surface area contributed by atoms with Crippen LogP contribution in [-0.2, 0) is 0 Å². The molecule has 2 saturated heterocycles. The van der Waals surface area contributed by atoms with E-state index in [0.717, 1.165) is 19.6 Å². The highest BCUT2D eigenvalue weighted by Crippen LogP contribution is 2.29. The minimum absolute atomic E-state index is 0.158. The summed E-state index contributed by atoms with van der Waals surface area (Å²) >= 11 is 0. The number of carbonyl (C=O) groups excluding carboxylic acids is 1. The Morgan fingerprint density at radius 2 is 1.94 bits per heavy atom. The van der Waals surface area contributed by atoms with Crippen molar-refractivity contribution >= 4 is 6.03 Å². The molecule has 4 nitrogen and oxygen atoms in total. The molecule has 0 aromatic heterocycles. The first-order chi connectivity index (χ1) is 8.27. The van der Waals surface area contributed by atoms with Gasteiger partial charge >= 0.3 is 6.03 Å². The van der Waals surface area contributed by atoms with Crippen molar-refractivity contribution in [2.75, 3.05) is 26.7 Å². The molecule has 90 valence electrons. The van der Waals surface area contributed by atoms with Gasteiger partial charge in [-0.3, -0.25) is 0 Å². The largest absolute Gasteiger partial charge is 0.320 e. The molecule has 0 saturated carbocycles. The Kier molecular flexibility index (Phi) is 2.52. The van der Waals surface area contributed by atoms with Crippen LogP contribution in [-0.4, -0.2) is 48.6 Å². The summed E-state index contributed by atoms with van der Waals surface area (Å²) in [6.45, 7) is 2.67. The average molecular weight is 231 g/mol. The van der Waals surface area contributed by atoms with Gasteiger partial charge in [0.25, 0.3) is 0 Å². The van der Waals surface area contributed by atoms with E-state index in [1.807, 2.05) is 35.0 Å². The molecule has 0 aliphatic carbocycles. The Labute approximate surface area is 101 Å². The summed E-state index contributed by atoms with van der Waals surface area (Å²) in [7, 11) is 1.89. The van der Waals surface area contributed by atoms with E-state index >= 15 is 0 Å². The predicted octanol–water partition coefficient (Wildman–Crippen LogP) is 1.07. The van der Waals surface area contributed by atoms with Crippen LogP contribution in [0, 0.1) is 0 Å². The Hall–Kier alpha value is -1.55. The van der Waals surface area contributed by atoms with Gasteiger partial charge in [0.15, 0.2) is 0 Å². The molecule has 1 aromatic carbocycles. The lowest BCUT2D eigenvalue weighted by Crippen LogP contribution is -2.57. The normalized spacial score (nSPS) is 25.2. The van der Waals surface area contributed by atoms with Crippen LogP contribution in [0.5, 0.6) is 0 Å². The molecule has 2 aliphatic rings. The fourth-order valence-electron chi connectivity index (χ4n) is 2.53. The molecule has 0 radical (unpaired) electrons. The summed E-state index contributed by atoms with van der Waals surface area (Å²) in [5.41, 5.74) is 1.22. The van der Waals surface area contributed by atoms with E-state index in [9.17, 15) is 4.79 Å². The topological polar surface area (TPSA) is 35.6 Å². The van der Waals surface area contributed by atoms with Crippen molar-refractivity contribution in [3.8, 4) is 0 Å². The molecular formula is C13H17N3O. The van der Waals surface area contributed by atoms with Crippen molar-refractivity contribution < 1.29 is 4.79 Å². The van der Waals surface area contributed by atoms with E-state index in [1.165, 1.54) is 5.56 Å². The molecule has 1 atom stereocenters. The number of benzene rings is 1. The molecule has 1 aromatic rings. The number of carbonyl (C=O) groups is 1. The third-order valence-corrected chi connectivity index (χ3v) is 3.77. The second-order valence-corrected chi connectivity index (χ2v) is 4.78.